The van der Waals surface area contributed by atoms with Crippen molar-refractivity contribution < 1.29 is 4.79 Å². The van der Waals surface area contributed by atoms with Crippen LogP contribution in [0.25, 0.3) is 5.69 Å². The summed E-state index contributed by atoms with van der Waals surface area (Å²) in [4.78, 5) is 17.5. The number of amides is 1. The minimum Gasteiger partial charge on any atom is -0.348 e. The molecule has 0 atom stereocenters. The molecule has 8 heteroatoms. The molecule has 1 fully saturated rings. The van der Waals surface area contributed by atoms with Gasteiger partial charge >= 0.3 is 0 Å². The van der Waals surface area contributed by atoms with E-state index in [4.69, 9.17) is 0 Å². The summed E-state index contributed by atoms with van der Waals surface area (Å²) in [6, 6.07) is 14.0. The van der Waals surface area contributed by atoms with Crippen LogP contribution >= 0.6 is 0 Å². The molecule has 0 unspecified atom stereocenters. The average Bonchev–Trinajstić information content (AvgIpc) is 3.28. The number of aryl methyl sites for hydroxylation is 1. The fourth-order valence-electron chi connectivity index (χ4n) is 3.71. The Bertz CT molecular complexity index is 994. The van der Waals surface area contributed by atoms with E-state index in [0.29, 0.717) is 12.1 Å². The number of benzene rings is 2. The van der Waals surface area contributed by atoms with Gasteiger partial charge in [-0.3, -0.25) is 9.69 Å². The Morgan fingerprint density at radius 3 is 2.60 bits per heavy atom. The molecule has 1 aromatic heterocycles. The predicted molar refractivity (Wildman–Crippen MR) is 114 cm³/mol. The van der Waals surface area contributed by atoms with Gasteiger partial charge in [0, 0.05) is 44.8 Å². The second-order valence-electron chi connectivity index (χ2n) is 7.84. The van der Waals surface area contributed by atoms with E-state index in [1.54, 1.807) is 10.7 Å². The van der Waals surface area contributed by atoms with Crippen molar-refractivity contribution in [3.8, 4) is 5.69 Å². The number of likely N-dealkylation sites (N-methyl/N-ethyl adjacent to an activating group) is 1. The third-order valence-corrected chi connectivity index (χ3v) is 5.50. The number of nitrogens with one attached hydrogen (secondary N) is 1. The number of hydrogen-bond donors (Lipinski definition) is 1. The number of nitrogens with zero attached hydrogens (tertiary/aromatic N) is 6. The van der Waals surface area contributed by atoms with E-state index in [1.165, 1.54) is 11.9 Å². The summed E-state index contributed by atoms with van der Waals surface area (Å²) in [7, 11) is 2.17. The lowest BCUT2D eigenvalue weighted by Gasteiger charge is -2.32. The van der Waals surface area contributed by atoms with Crippen molar-refractivity contribution in [1.29, 1.82) is 0 Å². The summed E-state index contributed by atoms with van der Waals surface area (Å²) in [6.07, 6.45) is 1.54. The maximum absolute atomic E-state index is 12.6. The van der Waals surface area contributed by atoms with Crippen LogP contribution in [-0.4, -0.2) is 69.1 Å². The second-order valence-corrected chi connectivity index (χ2v) is 7.84. The number of rotatable bonds is 6. The summed E-state index contributed by atoms with van der Waals surface area (Å²) >= 11 is 0. The molecule has 2 aromatic carbocycles. The van der Waals surface area contributed by atoms with Gasteiger partial charge in [-0.1, -0.05) is 24.3 Å². The largest absolute Gasteiger partial charge is 0.348 e. The Labute approximate surface area is 176 Å². The zero-order valence-electron chi connectivity index (χ0n) is 17.5. The molecule has 1 aliphatic heterocycles. The number of carbonyl (C=O) groups excluding carboxylic acids is 1. The van der Waals surface area contributed by atoms with Gasteiger partial charge in [0.25, 0.3) is 5.91 Å². The maximum Gasteiger partial charge on any atom is 0.251 e. The molecule has 0 radical (unpaired) electrons. The normalized spacial score (nSPS) is 15.3. The van der Waals surface area contributed by atoms with E-state index in [1.807, 2.05) is 19.1 Å². The van der Waals surface area contributed by atoms with Gasteiger partial charge < -0.3 is 10.2 Å². The van der Waals surface area contributed by atoms with E-state index in [9.17, 15) is 4.79 Å². The van der Waals surface area contributed by atoms with E-state index in [0.717, 1.165) is 49.5 Å². The number of hydrogen-bond acceptors (Lipinski definition) is 6. The first kappa shape index (κ1) is 20.2. The van der Waals surface area contributed by atoms with Crippen molar-refractivity contribution in [3.05, 3.63) is 71.0 Å². The van der Waals surface area contributed by atoms with Crippen molar-refractivity contribution in [2.75, 3.05) is 33.2 Å². The molecule has 4 rings (SSSR count). The Kier molecular flexibility index (Phi) is 6.15. The minimum absolute atomic E-state index is 0.0918. The monoisotopic (exact) mass is 405 g/mol. The molecule has 1 aliphatic rings. The Morgan fingerprint density at radius 1 is 1.07 bits per heavy atom. The molecule has 0 aliphatic carbocycles. The molecule has 0 spiro atoms. The summed E-state index contributed by atoms with van der Waals surface area (Å²) in [5.41, 5.74) is 4.81. The van der Waals surface area contributed by atoms with Crippen LogP contribution in [0.4, 0.5) is 0 Å². The standard InChI is InChI=1S/C22H27N7O/c1-17-12-20(6-7-21(17)29-16-24-25-26-29)22(30)23-14-18-4-3-5-19(13-18)15-28-10-8-27(2)9-11-28/h3-7,12-13,16H,8-11,14-15H2,1-2H3,(H,23,30). The summed E-state index contributed by atoms with van der Waals surface area (Å²) in [5, 5.41) is 14.2. The second kappa shape index (κ2) is 9.15. The van der Waals surface area contributed by atoms with Crippen LogP contribution in [0.1, 0.15) is 27.0 Å². The van der Waals surface area contributed by atoms with Gasteiger partial charge in [0.15, 0.2) is 0 Å². The molecule has 1 saturated heterocycles. The molecular formula is C22H27N7O. The Hall–Kier alpha value is -3.10. The van der Waals surface area contributed by atoms with Gasteiger partial charge in [0.1, 0.15) is 6.33 Å². The first-order valence-corrected chi connectivity index (χ1v) is 10.2. The lowest BCUT2D eigenvalue weighted by Crippen LogP contribution is -2.43. The van der Waals surface area contributed by atoms with Gasteiger partial charge in [-0.2, -0.15) is 0 Å². The summed E-state index contributed by atoms with van der Waals surface area (Å²) in [6.45, 7) is 7.81. The van der Waals surface area contributed by atoms with Gasteiger partial charge in [-0.25, -0.2) is 4.68 Å². The first-order chi connectivity index (χ1) is 14.6. The Balaban J connectivity index is 1.35. The fourth-order valence-corrected chi connectivity index (χ4v) is 3.71. The quantitative estimate of drug-likeness (QED) is 0.672. The molecule has 1 amide bonds. The number of piperazine rings is 1. The highest BCUT2D eigenvalue weighted by Gasteiger charge is 2.14. The third-order valence-electron chi connectivity index (χ3n) is 5.50. The van der Waals surface area contributed by atoms with Crippen molar-refractivity contribution in [1.82, 2.24) is 35.3 Å². The smallest absolute Gasteiger partial charge is 0.251 e. The van der Waals surface area contributed by atoms with Gasteiger partial charge in [0.05, 0.1) is 5.69 Å². The lowest BCUT2D eigenvalue weighted by molar-refractivity contribution is 0.0951. The SMILES string of the molecule is Cc1cc(C(=O)NCc2cccc(CN3CCN(C)CC3)c2)ccc1-n1cnnn1. The van der Waals surface area contributed by atoms with Crippen LogP contribution in [0.5, 0.6) is 0 Å². The first-order valence-electron chi connectivity index (χ1n) is 10.2. The topological polar surface area (TPSA) is 79.2 Å². The molecule has 3 aromatic rings. The average molecular weight is 406 g/mol. The predicted octanol–water partition coefficient (Wildman–Crippen LogP) is 1.65. The highest BCUT2D eigenvalue weighted by molar-refractivity contribution is 5.94. The Morgan fingerprint density at radius 2 is 1.87 bits per heavy atom. The van der Waals surface area contributed by atoms with Crippen LogP contribution < -0.4 is 5.32 Å². The van der Waals surface area contributed by atoms with Crippen LogP contribution in [0.15, 0.2) is 48.8 Å². The van der Waals surface area contributed by atoms with E-state index >= 15 is 0 Å². The molecule has 0 bridgehead atoms. The van der Waals surface area contributed by atoms with Crippen molar-refractivity contribution in [2.45, 2.75) is 20.0 Å². The highest BCUT2D eigenvalue weighted by atomic mass is 16.1. The zero-order chi connectivity index (χ0) is 20.9. The van der Waals surface area contributed by atoms with Crippen LogP contribution in [-0.2, 0) is 13.1 Å². The number of tetrazole rings is 1. The number of aromatic nitrogens is 4. The fraction of sp³-hybridized carbons (Fsp3) is 0.364. The molecule has 0 saturated carbocycles. The zero-order valence-corrected chi connectivity index (χ0v) is 17.5. The van der Waals surface area contributed by atoms with Crippen molar-refractivity contribution in [3.63, 3.8) is 0 Å². The molecule has 2 heterocycles. The van der Waals surface area contributed by atoms with E-state index < -0.39 is 0 Å². The molecule has 1 N–H and O–H groups in total. The molecule has 8 nitrogen and oxygen atoms in total. The van der Waals surface area contributed by atoms with Gasteiger partial charge in [-0.15, -0.1) is 5.10 Å². The van der Waals surface area contributed by atoms with Gasteiger partial charge in [-0.05, 0) is 59.3 Å². The third kappa shape index (κ3) is 4.90. The van der Waals surface area contributed by atoms with Crippen LogP contribution in [0.3, 0.4) is 0 Å². The van der Waals surface area contributed by atoms with E-state index in [-0.39, 0.29) is 5.91 Å². The maximum atomic E-state index is 12.6. The van der Waals surface area contributed by atoms with Gasteiger partial charge in [0.2, 0.25) is 0 Å². The van der Waals surface area contributed by atoms with Crippen LogP contribution in [0.2, 0.25) is 0 Å². The number of carbonyl (C=O) groups is 1. The molecule has 156 valence electrons. The molecule has 30 heavy (non-hydrogen) atoms. The minimum atomic E-state index is -0.0918. The molecular weight excluding hydrogens is 378 g/mol. The lowest BCUT2D eigenvalue weighted by atomic mass is 10.1. The van der Waals surface area contributed by atoms with Crippen LogP contribution in [0, 0.1) is 6.92 Å². The van der Waals surface area contributed by atoms with Crippen molar-refractivity contribution >= 4 is 5.91 Å². The van der Waals surface area contributed by atoms with E-state index in [2.05, 4.69) is 62.0 Å². The van der Waals surface area contributed by atoms with Crippen molar-refractivity contribution in [2.24, 2.45) is 0 Å². The highest BCUT2D eigenvalue weighted by Crippen LogP contribution is 2.15. The summed E-state index contributed by atoms with van der Waals surface area (Å²) < 4.78 is 1.59. The summed E-state index contributed by atoms with van der Waals surface area (Å²) in [5.74, 6) is -0.0918.